The summed E-state index contributed by atoms with van der Waals surface area (Å²) in [6.07, 6.45) is 0. The molecule has 1 N–H and O–H groups in total. The van der Waals surface area contributed by atoms with Crippen LogP contribution in [0.25, 0.3) is 0 Å². The first-order valence-electron chi connectivity index (χ1n) is 7.66. The van der Waals surface area contributed by atoms with Gasteiger partial charge in [0.2, 0.25) is 0 Å². The van der Waals surface area contributed by atoms with Crippen LogP contribution in [-0.2, 0) is 4.74 Å². The summed E-state index contributed by atoms with van der Waals surface area (Å²) in [7, 11) is 0. The third-order valence-corrected chi connectivity index (χ3v) is 3.98. The van der Waals surface area contributed by atoms with Crippen LogP contribution in [0.3, 0.4) is 0 Å². The van der Waals surface area contributed by atoms with Crippen molar-refractivity contribution in [2.45, 2.75) is 26.8 Å². The van der Waals surface area contributed by atoms with Gasteiger partial charge in [0, 0.05) is 0 Å². The second-order valence-electron chi connectivity index (χ2n) is 5.66. The fourth-order valence-electron chi connectivity index (χ4n) is 1.90. The van der Waals surface area contributed by atoms with Crippen LogP contribution in [0.1, 0.15) is 42.0 Å². The van der Waals surface area contributed by atoms with Gasteiger partial charge in [-0.1, -0.05) is 50.2 Å². The molecule has 122 valence electrons. The normalized spacial score (nSPS) is 13.0. The van der Waals surface area contributed by atoms with Crippen LogP contribution in [0.15, 0.2) is 52.8 Å². The second-order valence-corrected chi connectivity index (χ2v) is 6.60. The predicted octanol–water partition coefficient (Wildman–Crippen LogP) is 4.27. The van der Waals surface area contributed by atoms with Gasteiger partial charge in [-0.15, -0.1) is 11.3 Å². The van der Waals surface area contributed by atoms with Gasteiger partial charge >= 0.3 is 0 Å². The molecule has 2 aromatic rings. The minimum Gasteiger partial charge on any atom is -0.465 e. The summed E-state index contributed by atoms with van der Waals surface area (Å²) in [6, 6.07) is 13.7. The van der Waals surface area contributed by atoms with Crippen molar-refractivity contribution in [2.75, 3.05) is 6.61 Å². The third-order valence-electron chi connectivity index (χ3n) is 3.11. The lowest BCUT2D eigenvalue weighted by Crippen LogP contribution is -2.33. The molecule has 1 aromatic heterocycles. The first-order chi connectivity index (χ1) is 11.1. The van der Waals surface area contributed by atoms with Crippen molar-refractivity contribution in [3.05, 3.63) is 58.3 Å². The fourth-order valence-corrected chi connectivity index (χ4v) is 2.52. The van der Waals surface area contributed by atoms with Crippen molar-refractivity contribution in [2.24, 2.45) is 10.9 Å². The zero-order valence-electron chi connectivity index (χ0n) is 13.7. The highest BCUT2D eigenvalue weighted by Crippen LogP contribution is 2.16. The monoisotopic (exact) mass is 330 g/mol. The van der Waals surface area contributed by atoms with E-state index in [4.69, 9.17) is 4.74 Å². The van der Waals surface area contributed by atoms with Gasteiger partial charge in [0.05, 0.1) is 17.5 Å². The maximum atomic E-state index is 12.2. The number of aliphatic imine (C=N–C) groups is 1. The Morgan fingerprint density at radius 3 is 2.52 bits per heavy atom. The summed E-state index contributed by atoms with van der Waals surface area (Å²) < 4.78 is 5.69. The number of nitrogens with one attached hydrogen (secondary N) is 1. The van der Waals surface area contributed by atoms with Crippen molar-refractivity contribution in [1.29, 1.82) is 0 Å². The molecule has 0 spiro atoms. The summed E-state index contributed by atoms with van der Waals surface area (Å²) in [6.45, 7) is 6.59. The summed E-state index contributed by atoms with van der Waals surface area (Å²) in [5.74, 6) is 0.161. The molecule has 1 heterocycles. The average molecular weight is 330 g/mol. The number of nitrogens with zero attached hydrogens (tertiary/aromatic N) is 1. The molecule has 0 saturated heterocycles. The van der Waals surface area contributed by atoms with E-state index < -0.39 is 0 Å². The molecule has 1 amide bonds. The van der Waals surface area contributed by atoms with Crippen LogP contribution in [0.2, 0.25) is 0 Å². The van der Waals surface area contributed by atoms with Crippen molar-refractivity contribution in [3.63, 3.8) is 0 Å². The van der Waals surface area contributed by atoms with E-state index in [0.29, 0.717) is 17.4 Å². The number of amidine groups is 1. The molecule has 0 saturated carbocycles. The van der Waals surface area contributed by atoms with E-state index >= 15 is 0 Å². The number of carbonyl (C=O) groups excluding carboxylic acids is 1. The number of hydrogen-bond acceptors (Lipinski definition) is 4. The highest BCUT2D eigenvalue weighted by Gasteiger charge is 2.13. The lowest BCUT2D eigenvalue weighted by molar-refractivity contribution is 0.0967. The highest BCUT2D eigenvalue weighted by molar-refractivity contribution is 7.12. The average Bonchev–Trinajstić information content (AvgIpc) is 3.08. The highest BCUT2D eigenvalue weighted by atomic mass is 32.1. The molecule has 2 rings (SSSR count). The Bertz CT molecular complexity index is 636. The minimum absolute atomic E-state index is 0.0954. The summed E-state index contributed by atoms with van der Waals surface area (Å²) >= 11 is 1.39. The quantitative estimate of drug-likeness (QED) is 0.657. The Labute approximate surface area is 141 Å². The number of carbonyl (C=O) groups is 1. The smallest absolute Gasteiger partial charge is 0.292 e. The molecule has 0 unspecified atom stereocenters. The first kappa shape index (κ1) is 17.2. The van der Waals surface area contributed by atoms with E-state index in [1.165, 1.54) is 11.3 Å². The van der Waals surface area contributed by atoms with Crippen LogP contribution in [0.5, 0.6) is 0 Å². The van der Waals surface area contributed by atoms with Crippen LogP contribution in [-0.4, -0.2) is 18.5 Å². The molecule has 1 aromatic carbocycles. The molecule has 23 heavy (non-hydrogen) atoms. The Kier molecular flexibility index (Phi) is 6.35. The Hall–Kier alpha value is -2.14. The standard InChI is InChI=1S/C18H22N2O2S/c1-13(2)12-22-18(20-17(21)16-10-7-11-23-16)19-14(3)15-8-5-4-6-9-15/h4-11,13-14H,12H2,1-3H3,(H,19,20,21)/t14-/m0/s1. The molecule has 0 aliphatic carbocycles. The molecule has 5 heteroatoms. The molecule has 0 aliphatic rings. The van der Waals surface area contributed by atoms with E-state index in [2.05, 4.69) is 24.2 Å². The van der Waals surface area contributed by atoms with Crippen molar-refractivity contribution < 1.29 is 9.53 Å². The Morgan fingerprint density at radius 2 is 1.91 bits per heavy atom. The molecule has 1 atom stereocenters. The number of thiophene rings is 1. The predicted molar refractivity (Wildman–Crippen MR) is 94.9 cm³/mol. The van der Waals surface area contributed by atoms with Gasteiger partial charge in [-0.2, -0.15) is 0 Å². The van der Waals surface area contributed by atoms with Gasteiger partial charge in [-0.05, 0) is 29.9 Å². The lowest BCUT2D eigenvalue weighted by Gasteiger charge is -2.14. The molecule has 0 fully saturated rings. The second kappa shape index (κ2) is 8.48. The van der Waals surface area contributed by atoms with Crippen LogP contribution in [0, 0.1) is 5.92 Å². The lowest BCUT2D eigenvalue weighted by atomic mass is 10.1. The van der Waals surface area contributed by atoms with Gasteiger partial charge in [-0.3, -0.25) is 10.1 Å². The number of ether oxygens (including phenoxy) is 1. The largest absolute Gasteiger partial charge is 0.465 e. The number of benzene rings is 1. The van der Waals surface area contributed by atoms with Crippen LogP contribution < -0.4 is 5.32 Å². The zero-order chi connectivity index (χ0) is 16.7. The fraction of sp³-hybridized carbons (Fsp3) is 0.333. The maximum Gasteiger partial charge on any atom is 0.292 e. The first-order valence-corrected chi connectivity index (χ1v) is 8.54. The number of hydrogen-bond donors (Lipinski definition) is 1. The topological polar surface area (TPSA) is 50.7 Å². The van der Waals surface area contributed by atoms with Gasteiger partial charge in [-0.25, -0.2) is 4.99 Å². The summed E-state index contributed by atoms with van der Waals surface area (Å²) in [4.78, 5) is 17.4. The van der Waals surface area contributed by atoms with Crippen LogP contribution >= 0.6 is 11.3 Å². The van der Waals surface area contributed by atoms with Crippen molar-refractivity contribution in [3.8, 4) is 0 Å². The molecular formula is C18H22N2O2S. The van der Waals surface area contributed by atoms with E-state index in [-0.39, 0.29) is 18.0 Å². The van der Waals surface area contributed by atoms with E-state index in [1.807, 2.05) is 48.7 Å². The minimum atomic E-state index is -0.192. The SMILES string of the molecule is CC(C)COC(=N[C@@H](C)c1ccccc1)NC(=O)c1cccs1. The molecular weight excluding hydrogens is 308 g/mol. The molecule has 0 radical (unpaired) electrons. The van der Waals surface area contributed by atoms with Gasteiger partial charge in [0.15, 0.2) is 0 Å². The molecule has 4 nitrogen and oxygen atoms in total. The third kappa shape index (κ3) is 5.53. The summed E-state index contributed by atoms with van der Waals surface area (Å²) in [5, 5.41) is 4.64. The van der Waals surface area contributed by atoms with Gasteiger partial charge in [0.25, 0.3) is 11.9 Å². The van der Waals surface area contributed by atoms with Crippen LogP contribution in [0.4, 0.5) is 0 Å². The zero-order valence-corrected chi connectivity index (χ0v) is 14.5. The Balaban J connectivity index is 2.12. The summed E-state index contributed by atoms with van der Waals surface area (Å²) in [5.41, 5.74) is 1.07. The van der Waals surface area contributed by atoms with Gasteiger partial charge in [0.1, 0.15) is 0 Å². The molecule has 0 bridgehead atoms. The van der Waals surface area contributed by atoms with Crippen molar-refractivity contribution in [1.82, 2.24) is 5.32 Å². The number of amides is 1. The molecule has 0 aliphatic heterocycles. The maximum absolute atomic E-state index is 12.2. The van der Waals surface area contributed by atoms with E-state index in [9.17, 15) is 4.79 Å². The van der Waals surface area contributed by atoms with E-state index in [1.54, 1.807) is 6.07 Å². The van der Waals surface area contributed by atoms with E-state index in [0.717, 1.165) is 5.56 Å². The van der Waals surface area contributed by atoms with Crippen molar-refractivity contribution >= 4 is 23.3 Å². The van der Waals surface area contributed by atoms with Gasteiger partial charge < -0.3 is 4.74 Å². The Morgan fingerprint density at radius 1 is 1.17 bits per heavy atom. The number of rotatable bonds is 5.